The van der Waals surface area contributed by atoms with Crippen molar-refractivity contribution < 1.29 is 23.9 Å². The number of methoxy groups -OCH3 is 2. The number of nitrogens with one attached hydrogen (secondary N) is 1. The van der Waals surface area contributed by atoms with Gasteiger partial charge in [0.25, 0.3) is 0 Å². The van der Waals surface area contributed by atoms with Crippen molar-refractivity contribution in [3.8, 4) is 0 Å². The Kier molecular flexibility index (Phi) is 6.18. The molecule has 0 saturated heterocycles. The smallest absolute Gasteiger partial charge is 0.325 e. The zero-order valence-corrected chi connectivity index (χ0v) is 13.0. The van der Waals surface area contributed by atoms with E-state index in [0.717, 1.165) is 5.56 Å². The van der Waals surface area contributed by atoms with Crippen molar-refractivity contribution in [2.45, 2.75) is 12.5 Å². The van der Waals surface area contributed by atoms with E-state index in [1.54, 1.807) is 24.3 Å². The number of halogens is 1. The molecule has 2 amide bonds. The predicted octanol–water partition coefficient (Wildman–Crippen LogP) is 1.73. The van der Waals surface area contributed by atoms with Crippen molar-refractivity contribution in [1.82, 2.24) is 4.90 Å². The van der Waals surface area contributed by atoms with Gasteiger partial charge < -0.3 is 19.7 Å². The molecule has 1 atom stereocenters. The molecule has 1 aromatic carbocycles. The van der Waals surface area contributed by atoms with Crippen molar-refractivity contribution >= 4 is 36.1 Å². The zero-order chi connectivity index (χ0) is 15.4. The Bertz CT molecular complexity index is 578. The number of benzene rings is 1. The molecule has 0 fully saturated rings. The SMILES string of the molecule is COC(=O)CC1c2ccccc2NC(=O)N1CC(=O)OC.Cl. The van der Waals surface area contributed by atoms with Crippen LogP contribution in [0.3, 0.4) is 0 Å². The number of hydrogen-bond acceptors (Lipinski definition) is 5. The van der Waals surface area contributed by atoms with Gasteiger partial charge in [0.05, 0.1) is 26.7 Å². The van der Waals surface area contributed by atoms with Crippen LogP contribution in [-0.2, 0) is 19.1 Å². The van der Waals surface area contributed by atoms with Crippen LogP contribution in [0.4, 0.5) is 10.5 Å². The first-order valence-corrected chi connectivity index (χ1v) is 6.37. The normalized spacial score (nSPS) is 16.0. The number of esters is 2. The van der Waals surface area contributed by atoms with E-state index in [-0.39, 0.29) is 25.4 Å². The molecular formula is C14H17ClN2O5. The highest BCUT2D eigenvalue weighted by molar-refractivity contribution is 5.95. The third-order valence-electron chi connectivity index (χ3n) is 3.31. The summed E-state index contributed by atoms with van der Waals surface area (Å²) in [6.07, 6.45) is -0.0298. The second kappa shape index (κ2) is 7.65. The number of para-hydroxylation sites is 1. The van der Waals surface area contributed by atoms with Crippen LogP contribution in [0, 0.1) is 0 Å². The second-order valence-corrected chi connectivity index (χ2v) is 4.52. The van der Waals surface area contributed by atoms with E-state index in [9.17, 15) is 14.4 Å². The quantitative estimate of drug-likeness (QED) is 0.851. The molecule has 0 aliphatic carbocycles. The number of carbonyl (C=O) groups excluding carboxylic acids is 3. The minimum Gasteiger partial charge on any atom is -0.469 e. The van der Waals surface area contributed by atoms with Crippen molar-refractivity contribution in [3.63, 3.8) is 0 Å². The predicted molar refractivity (Wildman–Crippen MR) is 80.8 cm³/mol. The van der Waals surface area contributed by atoms with Gasteiger partial charge in [-0.05, 0) is 11.6 Å². The summed E-state index contributed by atoms with van der Waals surface area (Å²) in [6.45, 7) is -0.238. The number of nitrogens with zero attached hydrogens (tertiary/aromatic N) is 1. The van der Waals surface area contributed by atoms with E-state index in [1.165, 1.54) is 19.1 Å². The van der Waals surface area contributed by atoms with E-state index in [4.69, 9.17) is 0 Å². The van der Waals surface area contributed by atoms with E-state index in [2.05, 4.69) is 14.8 Å². The fraction of sp³-hybridized carbons (Fsp3) is 0.357. The van der Waals surface area contributed by atoms with Crippen molar-refractivity contribution in [1.29, 1.82) is 0 Å². The summed E-state index contributed by atoms with van der Waals surface area (Å²) in [6, 6.07) is 6.11. The Morgan fingerprint density at radius 1 is 1.18 bits per heavy atom. The molecule has 0 radical (unpaired) electrons. The Morgan fingerprint density at radius 3 is 2.45 bits per heavy atom. The van der Waals surface area contributed by atoms with Gasteiger partial charge in [0.1, 0.15) is 6.54 Å². The number of carbonyl (C=O) groups is 3. The highest BCUT2D eigenvalue weighted by Crippen LogP contribution is 2.35. The summed E-state index contributed by atoms with van der Waals surface area (Å²) in [7, 11) is 2.52. The molecule has 0 spiro atoms. The van der Waals surface area contributed by atoms with Gasteiger partial charge in [-0.15, -0.1) is 12.4 Å². The number of rotatable bonds is 4. The fourth-order valence-corrected chi connectivity index (χ4v) is 2.24. The van der Waals surface area contributed by atoms with Gasteiger partial charge >= 0.3 is 18.0 Å². The number of hydrogen-bond donors (Lipinski definition) is 1. The first-order chi connectivity index (χ1) is 10.1. The van der Waals surface area contributed by atoms with E-state index in [1.807, 2.05) is 0 Å². The summed E-state index contributed by atoms with van der Waals surface area (Å²) >= 11 is 0. The van der Waals surface area contributed by atoms with E-state index >= 15 is 0 Å². The Balaban J connectivity index is 0.00000242. The Labute approximate surface area is 134 Å². The van der Waals surface area contributed by atoms with Gasteiger partial charge in [-0.25, -0.2) is 4.79 Å². The van der Waals surface area contributed by atoms with Gasteiger partial charge in [0.2, 0.25) is 0 Å². The van der Waals surface area contributed by atoms with E-state index in [0.29, 0.717) is 5.69 Å². The first-order valence-electron chi connectivity index (χ1n) is 6.37. The van der Waals surface area contributed by atoms with Crippen LogP contribution in [0.2, 0.25) is 0 Å². The van der Waals surface area contributed by atoms with Crippen LogP contribution in [-0.4, -0.2) is 43.6 Å². The molecular weight excluding hydrogens is 312 g/mol. The lowest BCUT2D eigenvalue weighted by Crippen LogP contribution is -2.45. The minimum atomic E-state index is -0.568. The molecule has 1 unspecified atom stereocenters. The largest absolute Gasteiger partial charge is 0.469 e. The molecule has 7 nitrogen and oxygen atoms in total. The Hall–Kier alpha value is -2.28. The highest BCUT2D eigenvalue weighted by atomic mass is 35.5. The van der Waals surface area contributed by atoms with Crippen LogP contribution in [0.5, 0.6) is 0 Å². The minimum absolute atomic E-state index is 0. The lowest BCUT2D eigenvalue weighted by Gasteiger charge is -2.36. The van der Waals surface area contributed by atoms with Crippen LogP contribution in [0.25, 0.3) is 0 Å². The fourth-order valence-electron chi connectivity index (χ4n) is 2.24. The lowest BCUT2D eigenvalue weighted by atomic mass is 9.98. The topological polar surface area (TPSA) is 84.9 Å². The van der Waals surface area contributed by atoms with E-state index < -0.39 is 24.0 Å². The number of anilines is 1. The molecule has 1 aliphatic rings. The summed E-state index contributed by atoms with van der Waals surface area (Å²) in [5.41, 5.74) is 1.38. The maximum Gasteiger partial charge on any atom is 0.325 e. The summed E-state index contributed by atoms with van der Waals surface area (Å²) in [5.74, 6) is -1.02. The number of urea groups is 1. The molecule has 22 heavy (non-hydrogen) atoms. The molecule has 1 N–H and O–H groups in total. The molecule has 1 heterocycles. The molecule has 0 saturated carbocycles. The highest BCUT2D eigenvalue weighted by Gasteiger charge is 2.35. The van der Waals surface area contributed by atoms with Gasteiger partial charge in [0.15, 0.2) is 0 Å². The average molecular weight is 329 g/mol. The van der Waals surface area contributed by atoms with Gasteiger partial charge in [-0.3, -0.25) is 9.59 Å². The molecule has 0 bridgehead atoms. The first kappa shape index (κ1) is 17.8. The molecule has 8 heteroatoms. The van der Waals surface area contributed by atoms with Crippen molar-refractivity contribution in [2.24, 2.45) is 0 Å². The van der Waals surface area contributed by atoms with Crippen LogP contribution >= 0.6 is 12.4 Å². The molecule has 2 rings (SSSR count). The van der Waals surface area contributed by atoms with Crippen LogP contribution in [0.1, 0.15) is 18.0 Å². The Morgan fingerprint density at radius 2 is 1.82 bits per heavy atom. The standard InChI is InChI=1S/C14H16N2O5.ClH/c1-20-12(17)7-11-9-5-3-4-6-10(9)15-14(19)16(11)8-13(18)21-2;/h3-6,11H,7-8H2,1-2H3,(H,15,19);1H. The number of fused-ring (bicyclic) bond motifs is 1. The van der Waals surface area contributed by atoms with Gasteiger partial charge in [0, 0.05) is 5.69 Å². The monoisotopic (exact) mass is 328 g/mol. The lowest BCUT2D eigenvalue weighted by molar-refractivity contribution is -0.145. The molecule has 1 aromatic rings. The summed E-state index contributed by atoms with van der Waals surface area (Å²) < 4.78 is 9.26. The van der Waals surface area contributed by atoms with Gasteiger partial charge in [-0.1, -0.05) is 18.2 Å². The second-order valence-electron chi connectivity index (χ2n) is 4.52. The zero-order valence-electron chi connectivity index (χ0n) is 12.2. The number of ether oxygens (including phenoxy) is 2. The average Bonchev–Trinajstić information content (AvgIpc) is 2.50. The van der Waals surface area contributed by atoms with Crippen LogP contribution in [0.15, 0.2) is 24.3 Å². The molecule has 120 valence electrons. The van der Waals surface area contributed by atoms with Gasteiger partial charge in [-0.2, -0.15) is 0 Å². The third kappa shape index (κ3) is 3.67. The summed E-state index contributed by atoms with van der Waals surface area (Å²) in [4.78, 5) is 36.5. The van der Waals surface area contributed by atoms with Crippen LogP contribution < -0.4 is 5.32 Å². The maximum absolute atomic E-state index is 12.1. The molecule has 0 aromatic heterocycles. The maximum atomic E-state index is 12.1. The van der Waals surface area contributed by atoms with Crippen molar-refractivity contribution in [2.75, 3.05) is 26.1 Å². The molecule has 1 aliphatic heterocycles. The summed E-state index contributed by atoms with van der Waals surface area (Å²) in [5, 5.41) is 2.69. The third-order valence-corrected chi connectivity index (χ3v) is 3.31. The van der Waals surface area contributed by atoms with Crippen molar-refractivity contribution in [3.05, 3.63) is 29.8 Å². The number of amides is 2.